The Morgan fingerprint density at radius 3 is 1.44 bits per heavy atom. The molecule has 200 valence electrons. The molecule has 0 aromatic rings. The Bertz CT molecular complexity index is 264. The average Bonchev–Trinajstić information content (AvgIpc) is 2.87. The van der Waals surface area contributed by atoms with E-state index in [0.29, 0.717) is 0 Å². The smallest absolute Gasteiger partial charge is 0.00950 e. The molecule has 0 aromatic heterocycles. The van der Waals surface area contributed by atoms with Gasteiger partial charge >= 0.3 is 0 Å². The van der Waals surface area contributed by atoms with Gasteiger partial charge in [0, 0.05) is 11.7 Å². The quantitative estimate of drug-likeness (QED) is 0.294. The van der Waals surface area contributed by atoms with Gasteiger partial charge in [-0.2, -0.15) is 0 Å². The summed E-state index contributed by atoms with van der Waals surface area (Å²) in [6.07, 6.45) is 18.8. The summed E-state index contributed by atoms with van der Waals surface area (Å²) in [6.45, 7) is 29.3. The van der Waals surface area contributed by atoms with Crippen molar-refractivity contribution in [3.63, 3.8) is 0 Å². The molecule has 0 radical (unpaired) electrons. The van der Waals surface area contributed by atoms with Gasteiger partial charge in [-0.05, 0) is 51.6 Å². The molecule has 1 aliphatic heterocycles. The molecular weight excluding hydrogens is 388 g/mol. The zero-order valence-electron chi connectivity index (χ0n) is 25.1. The maximum atomic E-state index is 5.44. The van der Waals surface area contributed by atoms with Crippen LogP contribution >= 0.6 is 0 Å². The highest BCUT2D eigenvalue weighted by molar-refractivity contribution is 4.84. The van der Waals surface area contributed by atoms with E-state index in [2.05, 4.69) is 32.3 Å². The minimum atomic E-state index is 0.834. The predicted molar refractivity (Wildman–Crippen MR) is 156 cm³/mol. The van der Waals surface area contributed by atoms with Crippen LogP contribution in [0.5, 0.6) is 0 Å². The number of piperidine rings is 1. The average molecular weight is 459 g/mol. The molecule has 2 heteroatoms. The summed E-state index contributed by atoms with van der Waals surface area (Å²) in [6, 6.07) is 0.898. The Labute approximate surface area is 208 Å². The fraction of sp³-hybridized carbons (Fsp3) is 0.933. The summed E-state index contributed by atoms with van der Waals surface area (Å²) in [5.41, 5.74) is 6.27. The van der Waals surface area contributed by atoms with E-state index in [9.17, 15) is 0 Å². The van der Waals surface area contributed by atoms with E-state index in [1.807, 2.05) is 55.4 Å². The van der Waals surface area contributed by atoms with Crippen molar-refractivity contribution in [1.82, 2.24) is 4.90 Å². The molecule has 1 fully saturated rings. The standard InChI is InChI=1S/C12H25N.C10H21N.4C2H6/c1-3-8-12(9-4-2)13-10-6-5-7-11-13;1-3-4-5-6-7-8-9-10(2)11;4*1-2/h12H,3-11H2,1-2H3;2-9,11H2,1H3;4*1-2H3. The number of hydrogen-bond acceptors (Lipinski definition) is 2. The Balaban J connectivity index is -0.000000116. The van der Waals surface area contributed by atoms with E-state index < -0.39 is 0 Å². The first-order chi connectivity index (χ1) is 15.7. The highest BCUT2D eigenvalue weighted by atomic mass is 15.2. The van der Waals surface area contributed by atoms with Crippen molar-refractivity contribution in [3.8, 4) is 0 Å². The van der Waals surface area contributed by atoms with Crippen LogP contribution in [0, 0.1) is 0 Å². The molecule has 2 nitrogen and oxygen atoms in total. The fourth-order valence-electron chi connectivity index (χ4n) is 3.59. The van der Waals surface area contributed by atoms with Crippen molar-refractivity contribution >= 4 is 0 Å². The molecule has 0 amide bonds. The van der Waals surface area contributed by atoms with Crippen LogP contribution in [-0.4, -0.2) is 24.0 Å². The van der Waals surface area contributed by atoms with Gasteiger partial charge in [-0.15, -0.1) is 0 Å². The van der Waals surface area contributed by atoms with E-state index in [1.54, 1.807) is 0 Å². The van der Waals surface area contributed by atoms with E-state index in [1.165, 1.54) is 96.6 Å². The van der Waals surface area contributed by atoms with Crippen LogP contribution in [0.1, 0.15) is 166 Å². The van der Waals surface area contributed by atoms with E-state index >= 15 is 0 Å². The lowest BCUT2D eigenvalue weighted by molar-refractivity contribution is 0.146. The SMILES string of the molecule is C=C(N)CCCCCCCC.CC.CC.CC.CC.CCCC(CCC)N1CCCCC1. The number of nitrogens with zero attached hydrogens (tertiary/aromatic N) is 1. The summed E-state index contributed by atoms with van der Waals surface area (Å²) in [5, 5.41) is 0. The lowest BCUT2D eigenvalue weighted by Crippen LogP contribution is -2.39. The number of hydrogen-bond donors (Lipinski definition) is 1. The third-order valence-electron chi connectivity index (χ3n) is 5.00. The number of rotatable bonds is 12. The second kappa shape index (κ2) is 44.2. The number of likely N-dealkylation sites (tertiary alicyclic amines) is 1. The summed E-state index contributed by atoms with van der Waals surface area (Å²) in [4.78, 5) is 2.73. The van der Waals surface area contributed by atoms with E-state index in [0.717, 1.165) is 18.2 Å². The molecule has 0 atom stereocenters. The summed E-state index contributed by atoms with van der Waals surface area (Å²) in [7, 11) is 0. The minimum absolute atomic E-state index is 0.834. The van der Waals surface area contributed by atoms with Crippen LogP contribution in [0.25, 0.3) is 0 Å². The van der Waals surface area contributed by atoms with Gasteiger partial charge in [0.1, 0.15) is 0 Å². The molecule has 1 rings (SSSR count). The van der Waals surface area contributed by atoms with Crippen molar-refractivity contribution in [2.24, 2.45) is 5.73 Å². The molecule has 0 bridgehead atoms. The predicted octanol–water partition coefficient (Wildman–Crippen LogP) is 10.8. The zero-order valence-corrected chi connectivity index (χ0v) is 25.1. The monoisotopic (exact) mass is 459 g/mol. The third-order valence-corrected chi connectivity index (χ3v) is 5.00. The fourth-order valence-corrected chi connectivity index (χ4v) is 3.59. The minimum Gasteiger partial charge on any atom is -0.403 e. The molecule has 1 heterocycles. The lowest BCUT2D eigenvalue weighted by Gasteiger charge is -2.34. The van der Waals surface area contributed by atoms with E-state index in [-0.39, 0.29) is 0 Å². The second-order valence-electron chi connectivity index (χ2n) is 7.50. The maximum Gasteiger partial charge on any atom is 0.00950 e. The summed E-state index contributed by atoms with van der Waals surface area (Å²) >= 11 is 0. The van der Waals surface area contributed by atoms with Crippen molar-refractivity contribution < 1.29 is 0 Å². The number of unbranched alkanes of at least 4 members (excludes halogenated alkanes) is 5. The number of allylic oxidation sites excluding steroid dienone is 1. The Morgan fingerprint density at radius 2 is 1.06 bits per heavy atom. The van der Waals surface area contributed by atoms with E-state index in [4.69, 9.17) is 5.73 Å². The molecule has 0 spiro atoms. The largest absolute Gasteiger partial charge is 0.403 e. The zero-order chi connectivity index (χ0) is 26.0. The van der Waals surface area contributed by atoms with Gasteiger partial charge in [0.2, 0.25) is 0 Å². The Morgan fingerprint density at radius 1 is 0.656 bits per heavy atom. The van der Waals surface area contributed by atoms with Crippen molar-refractivity contribution in [2.45, 2.75) is 172 Å². The van der Waals surface area contributed by atoms with Crippen LogP contribution in [0.2, 0.25) is 0 Å². The van der Waals surface area contributed by atoms with Crippen LogP contribution in [-0.2, 0) is 0 Å². The molecule has 2 N–H and O–H groups in total. The summed E-state index contributed by atoms with van der Waals surface area (Å²) in [5.74, 6) is 0. The first-order valence-corrected chi connectivity index (χ1v) is 14.8. The van der Waals surface area contributed by atoms with Gasteiger partial charge in [0.05, 0.1) is 0 Å². The first-order valence-electron chi connectivity index (χ1n) is 14.8. The van der Waals surface area contributed by atoms with Gasteiger partial charge in [-0.3, -0.25) is 0 Å². The molecule has 32 heavy (non-hydrogen) atoms. The van der Waals surface area contributed by atoms with Crippen LogP contribution in [0.4, 0.5) is 0 Å². The molecule has 0 unspecified atom stereocenters. The normalized spacial score (nSPS) is 12.1. The highest BCUT2D eigenvalue weighted by Crippen LogP contribution is 2.18. The van der Waals surface area contributed by atoms with Crippen LogP contribution in [0.3, 0.4) is 0 Å². The third kappa shape index (κ3) is 36.8. The van der Waals surface area contributed by atoms with Gasteiger partial charge in [0.15, 0.2) is 0 Å². The molecule has 1 aliphatic rings. The Kier molecular flexibility index (Phi) is 57.7. The molecule has 0 aromatic carbocycles. The summed E-state index contributed by atoms with van der Waals surface area (Å²) < 4.78 is 0. The molecule has 0 aliphatic carbocycles. The van der Waals surface area contributed by atoms with Crippen molar-refractivity contribution in [1.29, 1.82) is 0 Å². The van der Waals surface area contributed by atoms with Crippen molar-refractivity contribution in [3.05, 3.63) is 12.3 Å². The molecule has 0 saturated carbocycles. The first kappa shape index (κ1) is 41.7. The van der Waals surface area contributed by atoms with Gasteiger partial charge in [-0.25, -0.2) is 0 Å². The lowest BCUT2D eigenvalue weighted by atomic mass is 10.0. The molecule has 1 saturated heterocycles. The van der Waals surface area contributed by atoms with Gasteiger partial charge in [-0.1, -0.05) is 134 Å². The van der Waals surface area contributed by atoms with Crippen LogP contribution < -0.4 is 5.73 Å². The van der Waals surface area contributed by atoms with Gasteiger partial charge < -0.3 is 10.6 Å². The second-order valence-corrected chi connectivity index (χ2v) is 7.50. The highest BCUT2D eigenvalue weighted by Gasteiger charge is 2.18. The topological polar surface area (TPSA) is 29.3 Å². The van der Waals surface area contributed by atoms with Crippen LogP contribution in [0.15, 0.2) is 12.3 Å². The maximum absolute atomic E-state index is 5.44. The van der Waals surface area contributed by atoms with Crippen molar-refractivity contribution in [2.75, 3.05) is 13.1 Å². The van der Waals surface area contributed by atoms with Gasteiger partial charge in [0.25, 0.3) is 0 Å². The number of nitrogens with two attached hydrogens (primary N) is 1. The Hall–Kier alpha value is -0.500. The molecular formula is C30H70N2.